The largest absolute Gasteiger partial charge is 0.345 e. The Morgan fingerprint density at radius 1 is 1.41 bits per heavy atom. The highest BCUT2D eigenvalue weighted by Gasteiger charge is 2.19. The monoisotopic (exact) mass is 232 g/mol. The molecule has 2 rings (SSSR count). The minimum atomic E-state index is 0.578. The molecular formula is C14H20N2O. The van der Waals surface area contributed by atoms with E-state index in [2.05, 4.69) is 24.0 Å². The van der Waals surface area contributed by atoms with Crippen molar-refractivity contribution < 1.29 is 4.79 Å². The zero-order valence-electron chi connectivity index (χ0n) is 10.4. The van der Waals surface area contributed by atoms with Crippen LogP contribution in [-0.2, 0) is 11.2 Å². The van der Waals surface area contributed by atoms with Crippen LogP contribution in [0.4, 0.5) is 0 Å². The number of pyridine rings is 1. The summed E-state index contributed by atoms with van der Waals surface area (Å²) in [5, 5.41) is 0. The van der Waals surface area contributed by atoms with Gasteiger partial charge in [0.2, 0.25) is 6.41 Å². The lowest BCUT2D eigenvalue weighted by Crippen LogP contribution is -2.31. The molecule has 0 saturated carbocycles. The van der Waals surface area contributed by atoms with Gasteiger partial charge in [-0.3, -0.25) is 9.78 Å². The summed E-state index contributed by atoms with van der Waals surface area (Å²) in [6.45, 7) is 3.93. The van der Waals surface area contributed by atoms with E-state index in [-0.39, 0.29) is 0 Å². The summed E-state index contributed by atoms with van der Waals surface area (Å²) < 4.78 is 0. The summed E-state index contributed by atoms with van der Waals surface area (Å²) in [4.78, 5) is 17.0. The van der Waals surface area contributed by atoms with E-state index in [1.807, 2.05) is 11.1 Å². The summed E-state index contributed by atoms with van der Waals surface area (Å²) in [6, 6.07) is 4.35. The van der Waals surface area contributed by atoms with E-state index in [4.69, 9.17) is 0 Å². The molecule has 3 nitrogen and oxygen atoms in total. The highest BCUT2D eigenvalue weighted by molar-refractivity contribution is 5.47. The average molecular weight is 232 g/mol. The van der Waals surface area contributed by atoms with Crippen LogP contribution in [0.3, 0.4) is 0 Å². The Bertz CT molecular complexity index is 353. The first kappa shape index (κ1) is 12.1. The van der Waals surface area contributed by atoms with Crippen molar-refractivity contribution in [3.63, 3.8) is 0 Å². The fraction of sp³-hybridized carbons (Fsp3) is 0.571. The lowest BCUT2D eigenvalue weighted by Gasteiger charge is -2.29. The number of hydrogen-bond acceptors (Lipinski definition) is 2. The Morgan fingerprint density at radius 3 is 2.71 bits per heavy atom. The Hall–Kier alpha value is -1.38. The minimum absolute atomic E-state index is 0.578. The molecule has 0 radical (unpaired) electrons. The van der Waals surface area contributed by atoms with Gasteiger partial charge in [0.05, 0.1) is 0 Å². The molecule has 1 aromatic rings. The second kappa shape index (κ2) is 5.80. The predicted molar refractivity (Wildman–Crippen MR) is 67.8 cm³/mol. The van der Waals surface area contributed by atoms with E-state index in [0.717, 1.165) is 45.2 Å². The van der Waals surface area contributed by atoms with Crippen molar-refractivity contribution in [1.29, 1.82) is 0 Å². The molecule has 1 aliphatic rings. The molecule has 1 fully saturated rings. The average Bonchev–Trinajstić information content (AvgIpc) is 2.40. The Balaban J connectivity index is 1.96. The first-order valence-corrected chi connectivity index (χ1v) is 6.47. The third kappa shape index (κ3) is 3.05. The maximum atomic E-state index is 10.6. The number of carbonyl (C=O) groups excluding carboxylic acids is 1. The van der Waals surface area contributed by atoms with Crippen LogP contribution in [0.5, 0.6) is 0 Å². The maximum absolute atomic E-state index is 10.6. The van der Waals surface area contributed by atoms with Crippen LogP contribution in [-0.4, -0.2) is 29.4 Å². The molecule has 1 aliphatic heterocycles. The van der Waals surface area contributed by atoms with E-state index >= 15 is 0 Å². The second-order valence-corrected chi connectivity index (χ2v) is 4.75. The van der Waals surface area contributed by atoms with Crippen LogP contribution >= 0.6 is 0 Å². The number of rotatable bonds is 4. The van der Waals surface area contributed by atoms with E-state index in [0.29, 0.717) is 5.92 Å². The van der Waals surface area contributed by atoms with Crippen molar-refractivity contribution in [2.45, 2.75) is 38.5 Å². The molecule has 0 bridgehead atoms. The lowest BCUT2D eigenvalue weighted by atomic mass is 9.90. The number of carbonyl (C=O) groups is 1. The zero-order chi connectivity index (χ0) is 12.1. The SMILES string of the molecule is CCCc1ccc(C2CCN(C=O)CC2)cn1. The van der Waals surface area contributed by atoms with E-state index in [9.17, 15) is 4.79 Å². The fourth-order valence-corrected chi connectivity index (χ4v) is 2.42. The predicted octanol–water partition coefficient (Wildman–Crippen LogP) is 2.37. The molecule has 0 spiro atoms. The summed E-state index contributed by atoms with van der Waals surface area (Å²) in [5.74, 6) is 0.578. The number of amides is 1. The van der Waals surface area contributed by atoms with Crippen molar-refractivity contribution in [1.82, 2.24) is 9.88 Å². The summed E-state index contributed by atoms with van der Waals surface area (Å²) in [5.41, 5.74) is 2.51. The van der Waals surface area contributed by atoms with Crippen molar-refractivity contribution in [3.8, 4) is 0 Å². The van der Waals surface area contributed by atoms with Crippen LogP contribution in [0.25, 0.3) is 0 Å². The molecule has 0 aliphatic carbocycles. The molecule has 2 heterocycles. The first-order valence-electron chi connectivity index (χ1n) is 6.47. The van der Waals surface area contributed by atoms with Gasteiger partial charge in [0, 0.05) is 25.0 Å². The van der Waals surface area contributed by atoms with E-state index < -0.39 is 0 Å². The third-order valence-electron chi connectivity index (χ3n) is 3.50. The van der Waals surface area contributed by atoms with Gasteiger partial charge in [-0.15, -0.1) is 0 Å². The lowest BCUT2D eigenvalue weighted by molar-refractivity contribution is -0.119. The van der Waals surface area contributed by atoms with Gasteiger partial charge in [-0.05, 0) is 36.8 Å². The third-order valence-corrected chi connectivity index (χ3v) is 3.50. The van der Waals surface area contributed by atoms with Gasteiger partial charge in [0.15, 0.2) is 0 Å². The number of aromatic nitrogens is 1. The molecule has 0 unspecified atom stereocenters. The molecule has 1 saturated heterocycles. The van der Waals surface area contributed by atoms with Crippen LogP contribution in [0.15, 0.2) is 18.3 Å². The number of piperidine rings is 1. The molecule has 0 N–H and O–H groups in total. The minimum Gasteiger partial charge on any atom is -0.345 e. The van der Waals surface area contributed by atoms with Gasteiger partial charge in [0.25, 0.3) is 0 Å². The van der Waals surface area contributed by atoms with Crippen molar-refractivity contribution >= 4 is 6.41 Å². The van der Waals surface area contributed by atoms with Gasteiger partial charge >= 0.3 is 0 Å². The smallest absolute Gasteiger partial charge is 0.209 e. The van der Waals surface area contributed by atoms with E-state index in [1.165, 1.54) is 11.3 Å². The van der Waals surface area contributed by atoms with Gasteiger partial charge in [-0.25, -0.2) is 0 Å². The molecule has 0 aromatic carbocycles. The Labute approximate surface area is 103 Å². The topological polar surface area (TPSA) is 33.2 Å². The quantitative estimate of drug-likeness (QED) is 0.747. The van der Waals surface area contributed by atoms with Crippen molar-refractivity contribution in [2.24, 2.45) is 0 Å². The highest BCUT2D eigenvalue weighted by atomic mass is 16.1. The number of likely N-dealkylation sites (tertiary alicyclic amines) is 1. The van der Waals surface area contributed by atoms with Gasteiger partial charge in [-0.1, -0.05) is 19.4 Å². The van der Waals surface area contributed by atoms with Crippen LogP contribution in [0.1, 0.15) is 43.4 Å². The first-order chi connectivity index (χ1) is 8.33. The normalized spacial score (nSPS) is 17.1. The van der Waals surface area contributed by atoms with Gasteiger partial charge in [0.1, 0.15) is 0 Å². The fourth-order valence-electron chi connectivity index (χ4n) is 2.42. The Morgan fingerprint density at radius 2 is 2.18 bits per heavy atom. The molecular weight excluding hydrogens is 212 g/mol. The number of hydrogen-bond donors (Lipinski definition) is 0. The molecule has 1 aromatic heterocycles. The molecule has 17 heavy (non-hydrogen) atoms. The molecule has 1 amide bonds. The highest BCUT2D eigenvalue weighted by Crippen LogP contribution is 2.26. The van der Waals surface area contributed by atoms with Gasteiger partial charge in [-0.2, -0.15) is 0 Å². The van der Waals surface area contributed by atoms with Crippen LogP contribution in [0, 0.1) is 0 Å². The van der Waals surface area contributed by atoms with Crippen LogP contribution < -0.4 is 0 Å². The number of nitrogens with zero attached hydrogens (tertiary/aromatic N) is 2. The molecule has 0 atom stereocenters. The summed E-state index contributed by atoms with van der Waals surface area (Å²) in [6.07, 6.45) is 7.31. The van der Waals surface area contributed by atoms with E-state index in [1.54, 1.807) is 0 Å². The Kier molecular flexibility index (Phi) is 4.13. The number of aryl methyl sites for hydroxylation is 1. The second-order valence-electron chi connectivity index (χ2n) is 4.75. The van der Waals surface area contributed by atoms with Gasteiger partial charge < -0.3 is 4.90 Å². The van der Waals surface area contributed by atoms with Crippen molar-refractivity contribution in [3.05, 3.63) is 29.6 Å². The summed E-state index contributed by atoms with van der Waals surface area (Å²) in [7, 11) is 0. The maximum Gasteiger partial charge on any atom is 0.209 e. The molecule has 92 valence electrons. The zero-order valence-corrected chi connectivity index (χ0v) is 10.4. The van der Waals surface area contributed by atoms with Crippen molar-refractivity contribution in [2.75, 3.05) is 13.1 Å². The molecule has 3 heteroatoms. The summed E-state index contributed by atoms with van der Waals surface area (Å²) >= 11 is 0. The van der Waals surface area contributed by atoms with Crippen LogP contribution in [0.2, 0.25) is 0 Å². The standard InChI is InChI=1S/C14H20N2O/c1-2-3-14-5-4-13(10-15-14)12-6-8-16(11-17)9-7-12/h4-5,10-12H,2-3,6-9H2,1H3.